The minimum Gasteiger partial charge on any atom is -0.306 e. The van der Waals surface area contributed by atoms with Gasteiger partial charge in [0.05, 0.1) is 11.3 Å². The van der Waals surface area contributed by atoms with Gasteiger partial charge in [-0.15, -0.1) is 0 Å². The summed E-state index contributed by atoms with van der Waals surface area (Å²) in [6, 6.07) is 12.0. The van der Waals surface area contributed by atoms with Crippen molar-refractivity contribution in [1.29, 1.82) is 0 Å². The van der Waals surface area contributed by atoms with Crippen LogP contribution >= 0.6 is 0 Å². The molecule has 0 radical (unpaired) electrons. The largest absolute Gasteiger partial charge is 0.306 e. The normalized spacial score (nSPS) is 12.7. The number of nitro groups is 1. The predicted molar refractivity (Wildman–Crippen MR) is 95.4 cm³/mol. The third-order valence-corrected chi connectivity index (χ3v) is 5.47. The summed E-state index contributed by atoms with van der Waals surface area (Å²) >= 11 is 0. The van der Waals surface area contributed by atoms with E-state index < -0.39 is 26.7 Å². The second kappa shape index (κ2) is 7.06. The molecule has 134 valence electrons. The lowest BCUT2D eigenvalue weighted by Gasteiger charge is -2.15. The molecule has 1 heterocycles. The number of benzene rings is 2. The third kappa shape index (κ3) is 3.63. The molecule has 0 bridgehead atoms. The number of hydrogen-bond donors (Lipinski definition) is 1. The van der Waals surface area contributed by atoms with Gasteiger partial charge in [-0.25, -0.2) is 18.1 Å². The van der Waals surface area contributed by atoms with Crippen LogP contribution in [0.2, 0.25) is 0 Å². The fraction of sp³-hybridized carbons (Fsp3) is 0.118. The van der Waals surface area contributed by atoms with Crippen molar-refractivity contribution in [2.45, 2.75) is 17.9 Å². The molecule has 0 aliphatic rings. The molecule has 2 aromatic carbocycles. The van der Waals surface area contributed by atoms with Gasteiger partial charge < -0.3 is 4.57 Å². The SMILES string of the molecule is CC(NS(=O)(=O)c1ccccc1[N+](=O)[O-])c1ccc(-n2ccnc2)cc1. The van der Waals surface area contributed by atoms with Crippen LogP contribution < -0.4 is 4.72 Å². The number of nitrogens with one attached hydrogen (secondary N) is 1. The van der Waals surface area contributed by atoms with Gasteiger partial charge in [0.25, 0.3) is 5.69 Å². The van der Waals surface area contributed by atoms with Gasteiger partial charge in [0, 0.05) is 30.2 Å². The van der Waals surface area contributed by atoms with Crippen LogP contribution in [0.5, 0.6) is 0 Å². The second-order valence-corrected chi connectivity index (χ2v) is 7.31. The van der Waals surface area contributed by atoms with Crippen molar-refractivity contribution in [2.75, 3.05) is 0 Å². The Balaban J connectivity index is 1.83. The Bertz CT molecular complexity index is 1020. The molecule has 26 heavy (non-hydrogen) atoms. The van der Waals surface area contributed by atoms with Gasteiger partial charge in [-0.05, 0) is 30.7 Å². The van der Waals surface area contributed by atoms with Gasteiger partial charge in [-0.3, -0.25) is 10.1 Å². The predicted octanol–water partition coefficient (Wildman–Crippen LogP) is 2.82. The summed E-state index contributed by atoms with van der Waals surface area (Å²) in [5.41, 5.74) is 1.17. The maximum Gasteiger partial charge on any atom is 0.289 e. The number of nitro benzene ring substituents is 1. The average Bonchev–Trinajstić information content (AvgIpc) is 3.16. The first-order chi connectivity index (χ1) is 12.4. The maximum absolute atomic E-state index is 12.6. The van der Waals surface area contributed by atoms with Gasteiger partial charge in [0.15, 0.2) is 4.90 Å². The highest BCUT2D eigenvalue weighted by Crippen LogP contribution is 2.25. The van der Waals surface area contributed by atoms with Crippen LogP contribution in [0.1, 0.15) is 18.5 Å². The summed E-state index contributed by atoms with van der Waals surface area (Å²) < 4.78 is 29.4. The molecule has 1 atom stereocenters. The zero-order chi connectivity index (χ0) is 18.7. The van der Waals surface area contributed by atoms with Gasteiger partial charge in [0.2, 0.25) is 10.0 Å². The van der Waals surface area contributed by atoms with Crippen LogP contribution in [0.3, 0.4) is 0 Å². The quantitative estimate of drug-likeness (QED) is 0.529. The summed E-state index contributed by atoms with van der Waals surface area (Å²) in [6.45, 7) is 1.68. The number of para-hydroxylation sites is 1. The van der Waals surface area contributed by atoms with Crippen LogP contribution in [0.25, 0.3) is 5.69 Å². The van der Waals surface area contributed by atoms with Crippen LogP contribution in [-0.2, 0) is 10.0 Å². The van der Waals surface area contributed by atoms with E-state index in [2.05, 4.69) is 9.71 Å². The first-order valence-electron chi connectivity index (χ1n) is 7.72. The van der Waals surface area contributed by atoms with E-state index in [0.717, 1.165) is 11.3 Å². The van der Waals surface area contributed by atoms with E-state index in [1.165, 1.54) is 24.3 Å². The fourth-order valence-corrected chi connectivity index (χ4v) is 3.95. The Morgan fingerprint density at radius 3 is 2.46 bits per heavy atom. The summed E-state index contributed by atoms with van der Waals surface area (Å²) in [5, 5.41) is 11.1. The van der Waals surface area contributed by atoms with E-state index in [1.54, 1.807) is 37.8 Å². The molecular weight excluding hydrogens is 356 g/mol. The Kier molecular flexibility index (Phi) is 4.83. The van der Waals surface area contributed by atoms with Crippen molar-refractivity contribution >= 4 is 15.7 Å². The van der Waals surface area contributed by atoms with E-state index in [-0.39, 0.29) is 4.90 Å². The summed E-state index contributed by atoms with van der Waals surface area (Å²) in [4.78, 5) is 14.0. The molecule has 0 amide bonds. The van der Waals surface area contributed by atoms with Gasteiger partial charge >= 0.3 is 0 Å². The van der Waals surface area contributed by atoms with Crippen LogP contribution in [0, 0.1) is 10.1 Å². The molecule has 0 fully saturated rings. The highest BCUT2D eigenvalue weighted by molar-refractivity contribution is 7.89. The highest BCUT2D eigenvalue weighted by atomic mass is 32.2. The van der Waals surface area contributed by atoms with E-state index >= 15 is 0 Å². The molecule has 0 aliphatic carbocycles. The van der Waals surface area contributed by atoms with Crippen LogP contribution in [0.15, 0.2) is 72.1 Å². The standard InChI is InChI=1S/C17H16N4O4S/c1-13(14-6-8-15(9-7-14)20-11-10-18-12-20)19-26(24,25)17-5-3-2-4-16(17)21(22)23/h2-13,19H,1H3. The lowest BCUT2D eigenvalue weighted by Crippen LogP contribution is -2.27. The molecule has 1 N–H and O–H groups in total. The lowest BCUT2D eigenvalue weighted by molar-refractivity contribution is -0.387. The number of imidazole rings is 1. The van der Waals surface area contributed by atoms with E-state index in [4.69, 9.17) is 0 Å². The zero-order valence-corrected chi connectivity index (χ0v) is 14.6. The second-order valence-electron chi connectivity index (χ2n) is 5.63. The van der Waals surface area contributed by atoms with Crippen molar-refractivity contribution in [3.63, 3.8) is 0 Å². The number of nitrogens with zero attached hydrogens (tertiary/aromatic N) is 3. The maximum atomic E-state index is 12.6. The molecule has 0 aliphatic heterocycles. The van der Waals surface area contributed by atoms with Crippen LogP contribution in [-0.4, -0.2) is 22.9 Å². The van der Waals surface area contributed by atoms with E-state index in [1.807, 2.05) is 16.7 Å². The van der Waals surface area contributed by atoms with Crippen molar-refractivity contribution in [2.24, 2.45) is 0 Å². The Morgan fingerprint density at radius 1 is 1.15 bits per heavy atom. The Hall–Kier alpha value is -3.04. The monoisotopic (exact) mass is 372 g/mol. The van der Waals surface area contributed by atoms with Gasteiger partial charge in [0.1, 0.15) is 0 Å². The molecular formula is C17H16N4O4S. The van der Waals surface area contributed by atoms with Gasteiger partial charge in [-0.2, -0.15) is 0 Å². The zero-order valence-electron chi connectivity index (χ0n) is 13.8. The van der Waals surface area contributed by atoms with Gasteiger partial charge in [-0.1, -0.05) is 24.3 Å². The number of sulfonamides is 1. The highest BCUT2D eigenvalue weighted by Gasteiger charge is 2.26. The molecule has 1 unspecified atom stereocenters. The average molecular weight is 372 g/mol. The Labute approximate surface area is 150 Å². The molecule has 3 rings (SSSR count). The molecule has 3 aromatic rings. The smallest absolute Gasteiger partial charge is 0.289 e. The lowest BCUT2D eigenvalue weighted by atomic mass is 10.1. The molecule has 8 nitrogen and oxygen atoms in total. The minimum atomic E-state index is -4.04. The first kappa shape index (κ1) is 17.8. The molecule has 0 saturated carbocycles. The Morgan fingerprint density at radius 2 is 1.85 bits per heavy atom. The molecule has 0 spiro atoms. The number of aromatic nitrogens is 2. The number of rotatable bonds is 6. The number of hydrogen-bond acceptors (Lipinski definition) is 5. The van der Waals surface area contributed by atoms with Crippen molar-refractivity contribution in [3.8, 4) is 5.69 Å². The van der Waals surface area contributed by atoms with E-state index in [0.29, 0.717) is 0 Å². The van der Waals surface area contributed by atoms with Crippen molar-refractivity contribution in [3.05, 3.63) is 82.9 Å². The topological polar surface area (TPSA) is 107 Å². The fourth-order valence-electron chi connectivity index (χ4n) is 2.55. The molecule has 1 aromatic heterocycles. The van der Waals surface area contributed by atoms with Crippen LogP contribution in [0.4, 0.5) is 5.69 Å². The third-order valence-electron chi connectivity index (χ3n) is 3.88. The first-order valence-corrected chi connectivity index (χ1v) is 9.21. The van der Waals surface area contributed by atoms with E-state index in [9.17, 15) is 18.5 Å². The molecule has 0 saturated heterocycles. The van der Waals surface area contributed by atoms with Crippen molar-refractivity contribution in [1.82, 2.24) is 14.3 Å². The minimum absolute atomic E-state index is 0.355. The summed E-state index contributed by atoms with van der Waals surface area (Å²) in [7, 11) is -4.04. The summed E-state index contributed by atoms with van der Waals surface area (Å²) in [6.07, 6.45) is 5.13. The molecule has 9 heteroatoms. The van der Waals surface area contributed by atoms with Crippen molar-refractivity contribution < 1.29 is 13.3 Å². The summed E-state index contributed by atoms with van der Waals surface area (Å²) in [5.74, 6) is 0.